The van der Waals surface area contributed by atoms with E-state index in [4.69, 9.17) is 21.4 Å². The van der Waals surface area contributed by atoms with Crippen molar-refractivity contribution in [2.75, 3.05) is 11.9 Å². The lowest BCUT2D eigenvalue weighted by atomic mass is 9.98. The molecule has 180 valence electrons. The van der Waals surface area contributed by atoms with Crippen molar-refractivity contribution in [3.63, 3.8) is 0 Å². The average molecular weight is 493 g/mol. The fourth-order valence-corrected chi connectivity index (χ4v) is 4.56. The molecule has 0 unspecified atom stereocenters. The minimum atomic E-state index is -1.15. The molecule has 1 aliphatic carbocycles. The van der Waals surface area contributed by atoms with Gasteiger partial charge in [-0.25, -0.2) is 9.59 Å². The highest BCUT2D eigenvalue weighted by Gasteiger charge is 2.29. The molecule has 8 heteroatoms. The van der Waals surface area contributed by atoms with Crippen molar-refractivity contribution >= 4 is 35.3 Å². The van der Waals surface area contributed by atoms with Gasteiger partial charge in [0, 0.05) is 29.1 Å². The van der Waals surface area contributed by atoms with E-state index in [0.29, 0.717) is 6.42 Å². The largest absolute Gasteiger partial charge is 0.478 e. The first kappa shape index (κ1) is 24.3. The summed E-state index contributed by atoms with van der Waals surface area (Å²) < 4.78 is 5.57. The molecule has 0 radical (unpaired) electrons. The molecule has 0 heterocycles. The van der Waals surface area contributed by atoms with E-state index < -0.39 is 18.1 Å². The van der Waals surface area contributed by atoms with E-state index in [1.807, 2.05) is 43.3 Å². The van der Waals surface area contributed by atoms with Crippen LogP contribution in [0.2, 0.25) is 5.02 Å². The van der Waals surface area contributed by atoms with E-state index in [1.54, 1.807) is 0 Å². The van der Waals surface area contributed by atoms with Crippen molar-refractivity contribution < 1.29 is 24.2 Å². The van der Waals surface area contributed by atoms with Crippen molar-refractivity contribution in [3.8, 4) is 11.1 Å². The van der Waals surface area contributed by atoms with Gasteiger partial charge in [0.15, 0.2) is 0 Å². The van der Waals surface area contributed by atoms with Crippen LogP contribution in [0.4, 0.5) is 10.5 Å². The van der Waals surface area contributed by atoms with Gasteiger partial charge in [0.05, 0.1) is 5.56 Å². The summed E-state index contributed by atoms with van der Waals surface area (Å²) in [5, 5.41) is 14.7. The number of carboxylic acids is 1. The molecule has 0 saturated carbocycles. The summed E-state index contributed by atoms with van der Waals surface area (Å²) in [7, 11) is 0. The van der Waals surface area contributed by atoms with Gasteiger partial charge in [0.1, 0.15) is 6.61 Å². The monoisotopic (exact) mass is 492 g/mol. The molecule has 0 saturated heterocycles. The smallest absolute Gasteiger partial charge is 0.407 e. The zero-order valence-electron chi connectivity index (χ0n) is 19.1. The van der Waals surface area contributed by atoms with Crippen LogP contribution in [0.1, 0.15) is 47.2 Å². The normalized spacial score (nSPS) is 12.9. The number of anilines is 1. The van der Waals surface area contributed by atoms with E-state index >= 15 is 0 Å². The Morgan fingerprint density at radius 3 is 2.23 bits per heavy atom. The Kier molecular flexibility index (Phi) is 7.36. The molecule has 3 N–H and O–H groups in total. The number of rotatable bonds is 8. The van der Waals surface area contributed by atoms with Crippen molar-refractivity contribution in [2.45, 2.75) is 31.7 Å². The molecular formula is C27H25ClN2O5. The minimum Gasteiger partial charge on any atom is -0.478 e. The minimum absolute atomic E-state index is 0.00435. The summed E-state index contributed by atoms with van der Waals surface area (Å²) in [6.45, 7) is 2.03. The number of ether oxygens (including phenoxy) is 1. The Morgan fingerprint density at radius 2 is 1.63 bits per heavy atom. The van der Waals surface area contributed by atoms with Crippen LogP contribution in [0.3, 0.4) is 0 Å². The van der Waals surface area contributed by atoms with Crippen molar-refractivity contribution in [3.05, 3.63) is 88.4 Å². The maximum absolute atomic E-state index is 12.5. The van der Waals surface area contributed by atoms with E-state index in [1.165, 1.54) is 18.2 Å². The van der Waals surface area contributed by atoms with Crippen molar-refractivity contribution in [2.24, 2.45) is 0 Å². The van der Waals surface area contributed by atoms with E-state index in [9.17, 15) is 14.4 Å². The van der Waals surface area contributed by atoms with Crippen molar-refractivity contribution in [1.29, 1.82) is 0 Å². The van der Waals surface area contributed by atoms with Crippen molar-refractivity contribution in [1.82, 2.24) is 5.32 Å². The van der Waals surface area contributed by atoms with E-state index in [0.717, 1.165) is 22.3 Å². The molecule has 0 spiro atoms. The lowest BCUT2D eigenvalue weighted by molar-refractivity contribution is -0.116. The molecule has 1 aliphatic rings. The fourth-order valence-electron chi connectivity index (χ4n) is 4.33. The second-order valence-electron chi connectivity index (χ2n) is 8.36. The third kappa shape index (κ3) is 5.63. The zero-order chi connectivity index (χ0) is 24.9. The third-order valence-corrected chi connectivity index (χ3v) is 6.24. The number of carboxylic acid groups (broad SMARTS) is 1. The number of fused-ring (bicyclic) bond motifs is 3. The van der Waals surface area contributed by atoms with Crippen LogP contribution in [-0.2, 0) is 9.53 Å². The summed E-state index contributed by atoms with van der Waals surface area (Å²) in [5.41, 5.74) is 4.78. The first-order chi connectivity index (χ1) is 16.9. The number of benzene rings is 3. The Morgan fingerprint density at radius 1 is 1.00 bits per heavy atom. The topological polar surface area (TPSA) is 105 Å². The number of halogens is 1. The number of hydrogen-bond donors (Lipinski definition) is 3. The number of amides is 2. The summed E-state index contributed by atoms with van der Waals surface area (Å²) in [6.07, 6.45) is -0.0918. The molecule has 2 amide bonds. The van der Waals surface area contributed by atoms with Gasteiger partial charge < -0.3 is 20.5 Å². The van der Waals surface area contributed by atoms with Gasteiger partial charge in [0.25, 0.3) is 0 Å². The zero-order valence-corrected chi connectivity index (χ0v) is 19.8. The summed E-state index contributed by atoms with van der Waals surface area (Å²) in [4.78, 5) is 36.2. The van der Waals surface area contributed by atoms with Crippen LogP contribution in [0.25, 0.3) is 11.1 Å². The number of alkyl carbamates (subject to hydrolysis) is 1. The quantitative estimate of drug-likeness (QED) is 0.375. The Hall–Kier alpha value is -3.84. The average Bonchev–Trinajstić information content (AvgIpc) is 3.15. The lowest BCUT2D eigenvalue weighted by Gasteiger charge is -2.19. The molecule has 1 atom stereocenters. The molecule has 7 nitrogen and oxygen atoms in total. The first-order valence-electron chi connectivity index (χ1n) is 11.3. The van der Waals surface area contributed by atoms with Crippen LogP contribution in [-0.4, -0.2) is 35.7 Å². The number of nitrogens with one attached hydrogen (secondary N) is 2. The lowest BCUT2D eigenvalue weighted by Crippen LogP contribution is -2.38. The molecule has 0 aromatic heterocycles. The molecule has 4 rings (SSSR count). The Bertz CT molecular complexity index is 1230. The number of aromatic carboxylic acids is 1. The molecular weight excluding hydrogens is 468 g/mol. The maximum Gasteiger partial charge on any atom is 0.407 e. The fraction of sp³-hybridized carbons (Fsp3) is 0.222. The van der Waals surface area contributed by atoms with E-state index in [-0.39, 0.29) is 41.1 Å². The summed E-state index contributed by atoms with van der Waals surface area (Å²) >= 11 is 5.94. The van der Waals surface area contributed by atoms with Crippen LogP contribution >= 0.6 is 11.6 Å². The number of carbonyl (C=O) groups excluding carboxylic acids is 2. The molecule has 3 aromatic carbocycles. The van der Waals surface area contributed by atoms with Gasteiger partial charge in [-0.2, -0.15) is 0 Å². The van der Waals surface area contributed by atoms with Gasteiger partial charge in [0.2, 0.25) is 5.91 Å². The first-order valence-corrected chi connectivity index (χ1v) is 11.7. The predicted octanol–water partition coefficient (Wildman–Crippen LogP) is 5.68. The number of hydrogen-bond acceptors (Lipinski definition) is 4. The van der Waals surface area contributed by atoms with Crippen LogP contribution in [0, 0.1) is 0 Å². The number of carbonyl (C=O) groups is 3. The molecule has 0 aliphatic heterocycles. The molecule has 0 fully saturated rings. The highest BCUT2D eigenvalue weighted by molar-refractivity contribution is 6.31. The van der Waals surface area contributed by atoms with E-state index in [2.05, 4.69) is 22.8 Å². The van der Waals surface area contributed by atoms with Gasteiger partial charge in [-0.05, 0) is 46.9 Å². The molecule has 35 heavy (non-hydrogen) atoms. The summed E-state index contributed by atoms with van der Waals surface area (Å²) in [6, 6.07) is 19.8. The van der Waals surface area contributed by atoms with Gasteiger partial charge >= 0.3 is 12.1 Å². The molecule has 0 bridgehead atoms. The van der Waals surface area contributed by atoms with Gasteiger partial charge in [-0.15, -0.1) is 0 Å². The highest BCUT2D eigenvalue weighted by atomic mass is 35.5. The van der Waals surface area contributed by atoms with Crippen LogP contribution < -0.4 is 10.6 Å². The maximum atomic E-state index is 12.5. The highest BCUT2D eigenvalue weighted by Crippen LogP contribution is 2.44. The molecule has 3 aromatic rings. The Labute approximate surface area is 208 Å². The Balaban J connectivity index is 1.34. The van der Waals surface area contributed by atoms with Crippen LogP contribution in [0.15, 0.2) is 66.7 Å². The van der Waals surface area contributed by atoms with Crippen LogP contribution in [0.5, 0.6) is 0 Å². The second kappa shape index (κ2) is 10.6. The van der Waals surface area contributed by atoms with Gasteiger partial charge in [-0.1, -0.05) is 67.1 Å². The second-order valence-corrected chi connectivity index (χ2v) is 8.80. The predicted molar refractivity (Wildman–Crippen MR) is 134 cm³/mol. The summed E-state index contributed by atoms with van der Waals surface area (Å²) in [5.74, 6) is -1.58. The third-order valence-electron chi connectivity index (χ3n) is 6.02. The SMILES string of the molecule is CC[C@H](CC(=O)Nc1cc(Cl)cc(C(=O)O)c1)NC(=O)OCC1c2ccccc2-c2ccccc21. The van der Waals surface area contributed by atoms with Gasteiger partial charge in [-0.3, -0.25) is 4.79 Å². The standard InChI is InChI=1S/C27H25ClN2O5/c1-2-18(14-25(31)29-19-12-16(26(32)33)11-17(28)13-19)30-27(34)35-15-24-22-9-5-3-7-20(22)21-8-4-6-10-23(21)24/h3-13,18,24H,2,14-15H2,1H3,(H,29,31)(H,30,34)(H,32,33)/t18-/m1/s1.